The average Bonchev–Trinajstić information content (AvgIpc) is 2.72. The molecule has 0 saturated heterocycles. The van der Waals surface area contributed by atoms with Crippen LogP contribution in [-0.4, -0.2) is 17.7 Å². The van der Waals surface area contributed by atoms with Gasteiger partial charge in [-0.25, -0.2) is 0 Å². The molecule has 146 valence electrons. The number of nitrogens with one attached hydrogen (secondary N) is 3. The second-order valence-electron chi connectivity index (χ2n) is 6.68. The molecule has 0 aromatic heterocycles. The molecule has 0 atom stereocenters. The molecule has 3 aromatic carbocycles. The Labute approximate surface area is 168 Å². The summed E-state index contributed by atoms with van der Waals surface area (Å²) in [7, 11) is 0. The molecule has 0 aliphatic carbocycles. The van der Waals surface area contributed by atoms with Gasteiger partial charge in [-0.05, 0) is 62.4 Å². The van der Waals surface area contributed by atoms with Crippen LogP contribution in [0, 0.1) is 13.8 Å². The zero-order chi connectivity index (χ0) is 20.8. The number of carbonyl (C=O) groups is 3. The Balaban J connectivity index is 1.56. The number of aryl methyl sites for hydroxylation is 2. The summed E-state index contributed by atoms with van der Waals surface area (Å²) in [6, 6.07) is 20.7. The lowest BCUT2D eigenvalue weighted by Crippen LogP contribution is -2.41. The maximum atomic E-state index is 12.2. The van der Waals surface area contributed by atoms with Gasteiger partial charge in [0.25, 0.3) is 17.7 Å². The normalized spacial score (nSPS) is 10.1. The van der Waals surface area contributed by atoms with E-state index in [2.05, 4.69) is 16.2 Å². The third kappa shape index (κ3) is 5.29. The number of carbonyl (C=O) groups excluding carboxylic acids is 3. The van der Waals surface area contributed by atoms with Crippen LogP contribution in [0.2, 0.25) is 0 Å². The molecule has 0 spiro atoms. The van der Waals surface area contributed by atoms with Crippen LogP contribution in [0.3, 0.4) is 0 Å². The molecule has 3 amide bonds. The Morgan fingerprint density at radius 2 is 1.14 bits per heavy atom. The molecule has 29 heavy (non-hydrogen) atoms. The highest BCUT2D eigenvalue weighted by molar-refractivity contribution is 6.04. The summed E-state index contributed by atoms with van der Waals surface area (Å²) in [5, 5.41) is 2.78. The molecule has 0 bridgehead atoms. The second kappa shape index (κ2) is 8.84. The van der Waals surface area contributed by atoms with E-state index in [1.165, 1.54) is 0 Å². The molecular formula is C23H21N3O3. The minimum Gasteiger partial charge on any atom is -0.322 e. The summed E-state index contributed by atoms with van der Waals surface area (Å²) < 4.78 is 0. The summed E-state index contributed by atoms with van der Waals surface area (Å²) >= 11 is 0. The van der Waals surface area contributed by atoms with Crippen molar-refractivity contribution in [3.05, 3.63) is 101 Å². The minimum atomic E-state index is -0.456. The van der Waals surface area contributed by atoms with E-state index in [9.17, 15) is 14.4 Å². The molecule has 3 rings (SSSR count). The third-order valence-corrected chi connectivity index (χ3v) is 4.29. The number of benzene rings is 3. The Morgan fingerprint density at radius 1 is 0.586 bits per heavy atom. The molecule has 0 saturated carbocycles. The number of rotatable bonds is 4. The van der Waals surface area contributed by atoms with Crippen LogP contribution in [0.4, 0.5) is 5.69 Å². The Bertz CT molecular complexity index is 1040. The first-order chi connectivity index (χ1) is 13.9. The van der Waals surface area contributed by atoms with Crippen LogP contribution in [0.25, 0.3) is 0 Å². The van der Waals surface area contributed by atoms with Gasteiger partial charge in [0.1, 0.15) is 0 Å². The minimum absolute atomic E-state index is 0.229. The molecule has 0 radical (unpaired) electrons. The SMILES string of the molecule is Cc1ccc(C(=O)Nc2ccc(C(=O)NNC(=O)c3cccc(C)c3)cc2)cc1. The summed E-state index contributed by atoms with van der Waals surface area (Å²) in [5.74, 6) is -1.08. The maximum Gasteiger partial charge on any atom is 0.269 e. The Morgan fingerprint density at radius 3 is 1.76 bits per heavy atom. The lowest BCUT2D eigenvalue weighted by Gasteiger charge is -2.09. The van der Waals surface area contributed by atoms with Crippen LogP contribution in [0.1, 0.15) is 42.2 Å². The highest BCUT2D eigenvalue weighted by Gasteiger charge is 2.10. The monoisotopic (exact) mass is 387 g/mol. The first-order valence-corrected chi connectivity index (χ1v) is 9.08. The summed E-state index contributed by atoms with van der Waals surface area (Å²) in [6.07, 6.45) is 0. The van der Waals surface area contributed by atoms with Gasteiger partial charge in [-0.1, -0.05) is 35.4 Å². The van der Waals surface area contributed by atoms with E-state index in [0.717, 1.165) is 11.1 Å². The summed E-state index contributed by atoms with van der Waals surface area (Å²) in [5.41, 5.74) is 8.72. The maximum absolute atomic E-state index is 12.2. The van der Waals surface area contributed by atoms with Gasteiger partial charge in [0.15, 0.2) is 0 Å². The van der Waals surface area contributed by atoms with Crippen molar-refractivity contribution < 1.29 is 14.4 Å². The van der Waals surface area contributed by atoms with Crippen LogP contribution >= 0.6 is 0 Å². The van der Waals surface area contributed by atoms with Crippen molar-refractivity contribution in [2.24, 2.45) is 0 Å². The molecule has 0 unspecified atom stereocenters. The van der Waals surface area contributed by atoms with Crippen molar-refractivity contribution in [2.45, 2.75) is 13.8 Å². The summed E-state index contributed by atoms with van der Waals surface area (Å²) in [4.78, 5) is 36.6. The Hall–Kier alpha value is -3.93. The van der Waals surface area contributed by atoms with Gasteiger partial charge in [0.05, 0.1) is 0 Å². The van der Waals surface area contributed by atoms with Crippen molar-refractivity contribution in [1.82, 2.24) is 10.9 Å². The predicted octanol–water partition coefficient (Wildman–Crippen LogP) is 3.63. The molecule has 0 aliphatic rings. The first kappa shape index (κ1) is 19.8. The van der Waals surface area contributed by atoms with E-state index in [4.69, 9.17) is 0 Å². The van der Waals surface area contributed by atoms with E-state index in [0.29, 0.717) is 22.4 Å². The van der Waals surface area contributed by atoms with Crippen LogP contribution in [0.15, 0.2) is 72.8 Å². The van der Waals surface area contributed by atoms with E-state index in [1.54, 1.807) is 54.6 Å². The molecule has 6 heteroatoms. The third-order valence-electron chi connectivity index (χ3n) is 4.29. The Kier molecular flexibility index (Phi) is 6.04. The average molecular weight is 387 g/mol. The van der Waals surface area contributed by atoms with Crippen LogP contribution < -0.4 is 16.2 Å². The largest absolute Gasteiger partial charge is 0.322 e. The molecule has 3 N–H and O–H groups in total. The lowest BCUT2D eigenvalue weighted by atomic mass is 10.1. The zero-order valence-corrected chi connectivity index (χ0v) is 16.2. The fraction of sp³-hybridized carbons (Fsp3) is 0.0870. The fourth-order valence-electron chi connectivity index (χ4n) is 2.66. The smallest absolute Gasteiger partial charge is 0.269 e. The topological polar surface area (TPSA) is 87.3 Å². The number of hydrogen-bond acceptors (Lipinski definition) is 3. The quantitative estimate of drug-likeness (QED) is 0.598. The van der Waals surface area contributed by atoms with E-state index < -0.39 is 11.8 Å². The zero-order valence-electron chi connectivity index (χ0n) is 16.2. The number of amides is 3. The summed E-state index contributed by atoms with van der Waals surface area (Å²) in [6.45, 7) is 3.84. The van der Waals surface area contributed by atoms with E-state index in [-0.39, 0.29) is 5.91 Å². The number of hydrazine groups is 1. The van der Waals surface area contributed by atoms with Gasteiger partial charge in [-0.3, -0.25) is 25.2 Å². The fourth-order valence-corrected chi connectivity index (χ4v) is 2.66. The van der Waals surface area contributed by atoms with Crippen molar-refractivity contribution in [3.63, 3.8) is 0 Å². The van der Waals surface area contributed by atoms with Crippen molar-refractivity contribution >= 4 is 23.4 Å². The molecule has 3 aromatic rings. The highest BCUT2D eigenvalue weighted by Crippen LogP contribution is 2.12. The van der Waals surface area contributed by atoms with Crippen molar-refractivity contribution in [3.8, 4) is 0 Å². The van der Waals surface area contributed by atoms with Gasteiger partial charge < -0.3 is 5.32 Å². The van der Waals surface area contributed by atoms with Gasteiger partial charge in [0, 0.05) is 22.4 Å². The van der Waals surface area contributed by atoms with E-state index in [1.807, 2.05) is 32.0 Å². The first-order valence-electron chi connectivity index (χ1n) is 9.08. The standard InChI is InChI=1S/C23H21N3O3/c1-15-6-8-17(9-7-15)21(27)24-20-12-10-18(11-13-20)22(28)25-26-23(29)19-5-3-4-16(2)14-19/h3-14H,1-2H3,(H,24,27)(H,25,28)(H,26,29). The molecule has 0 fully saturated rings. The van der Waals surface area contributed by atoms with Gasteiger partial charge in [-0.15, -0.1) is 0 Å². The van der Waals surface area contributed by atoms with Crippen molar-refractivity contribution in [2.75, 3.05) is 5.32 Å². The van der Waals surface area contributed by atoms with Gasteiger partial charge in [-0.2, -0.15) is 0 Å². The van der Waals surface area contributed by atoms with Crippen LogP contribution in [-0.2, 0) is 0 Å². The number of anilines is 1. The van der Waals surface area contributed by atoms with Gasteiger partial charge in [0.2, 0.25) is 0 Å². The molecule has 6 nitrogen and oxygen atoms in total. The number of hydrogen-bond donors (Lipinski definition) is 3. The highest BCUT2D eigenvalue weighted by atomic mass is 16.2. The second-order valence-corrected chi connectivity index (χ2v) is 6.68. The predicted molar refractivity (Wildman–Crippen MR) is 112 cm³/mol. The van der Waals surface area contributed by atoms with Gasteiger partial charge >= 0.3 is 0 Å². The van der Waals surface area contributed by atoms with E-state index >= 15 is 0 Å². The van der Waals surface area contributed by atoms with Crippen LogP contribution in [0.5, 0.6) is 0 Å². The molecule has 0 aliphatic heterocycles. The molecule has 0 heterocycles. The molecular weight excluding hydrogens is 366 g/mol. The van der Waals surface area contributed by atoms with Crippen molar-refractivity contribution in [1.29, 1.82) is 0 Å². The lowest BCUT2D eigenvalue weighted by molar-refractivity contribution is 0.0846.